The van der Waals surface area contributed by atoms with Gasteiger partial charge in [0.1, 0.15) is 17.9 Å². The molecule has 1 spiro atoms. The summed E-state index contributed by atoms with van der Waals surface area (Å²) in [7, 11) is 0. The number of imide groups is 1. The summed E-state index contributed by atoms with van der Waals surface area (Å²) >= 11 is 0. The molecule has 7 nitrogen and oxygen atoms in total. The second-order valence-electron chi connectivity index (χ2n) is 8.92. The van der Waals surface area contributed by atoms with Crippen LogP contribution in [0.1, 0.15) is 36.0 Å². The molecule has 8 heteroatoms. The van der Waals surface area contributed by atoms with Crippen molar-refractivity contribution in [2.24, 2.45) is 0 Å². The van der Waals surface area contributed by atoms with Gasteiger partial charge in [-0.05, 0) is 54.5 Å². The van der Waals surface area contributed by atoms with Crippen LogP contribution in [0.25, 0.3) is 0 Å². The number of halogens is 1. The van der Waals surface area contributed by atoms with Crippen LogP contribution in [0.5, 0.6) is 0 Å². The first-order chi connectivity index (χ1) is 16.0. The van der Waals surface area contributed by atoms with E-state index in [0.29, 0.717) is 31.6 Å². The molecule has 2 heterocycles. The zero-order valence-corrected chi connectivity index (χ0v) is 18.3. The average molecular weight is 451 g/mol. The Bertz CT molecular complexity index is 1100. The number of carbonyl (C=O) groups excluding carboxylic acids is 3. The Morgan fingerprint density at radius 2 is 2.06 bits per heavy atom. The molecular formula is C25H26FN3O4. The predicted molar refractivity (Wildman–Crippen MR) is 117 cm³/mol. The van der Waals surface area contributed by atoms with Crippen molar-refractivity contribution in [3.05, 3.63) is 71.0 Å². The lowest BCUT2D eigenvalue weighted by atomic mass is 9.92. The summed E-state index contributed by atoms with van der Waals surface area (Å²) in [6.07, 6.45) is 2.80. The lowest BCUT2D eigenvalue weighted by Gasteiger charge is -2.27. The molecule has 5 rings (SSSR count). The van der Waals surface area contributed by atoms with Gasteiger partial charge < -0.3 is 15.0 Å². The molecule has 2 fully saturated rings. The fourth-order valence-corrected chi connectivity index (χ4v) is 5.11. The highest BCUT2D eigenvalue weighted by Gasteiger charge is 2.55. The van der Waals surface area contributed by atoms with Crippen molar-refractivity contribution < 1.29 is 23.5 Å². The third-order valence-electron chi connectivity index (χ3n) is 6.78. The van der Waals surface area contributed by atoms with Gasteiger partial charge in [-0.3, -0.25) is 14.5 Å². The van der Waals surface area contributed by atoms with Crippen LogP contribution in [-0.4, -0.2) is 53.4 Å². The SMILES string of the molecule is O=C(CN1C(=O)NC2(CCc3ccccc32)C1=O)N(Cc1cccc(F)c1)CC1CCCO1. The molecule has 1 aliphatic carbocycles. The van der Waals surface area contributed by atoms with E-state index in [0.717, 1.165) is 28.9 Å². The molecule has 0 bridgehead atoms. The standard InChI is InChI=1S/C25H26FN3O4/c26-19-7-3-5-17(13-19)14-28(15-20-8-4-12-33-20)22(30)16-29-23(31)25(27-24(29)32)11-10-18-6-1-2-9-21(18)25/h1-3,5-7,9,13,20H,4,8,10-12,14-16H2,(H,27,32). The van der Waals surface area contributed by atoms with E-state index in [1.807, 2.05) is 24.3 Å². The first-order valence-electron chi connectivity index (χ1n) is 11.3. The van der Waals surface area contributed by atoms with E-state index < -0.39 is 17.5 Å². The van der Waals surface area contributed by atoms with Gasteiger partial charge in [0.15, 0.2) is 0 Å². The lowest BCUT2D eigenvalue weighted by Crippen LogP contribution is -2.46. The summed E-state index contributed by atoms with van der Waals surface area (Å²) in [6.45, 7) is 0.777. The van der Waals surface area contributed by atoms with Gasteiger partial charge in [0.05, 0.1) is 6.10 Å². The average Bonchev–Trinajstić information content (AvgIpc) is 3.50. The Balaban J connectivity index is 1.35. The van der Waals surface area contributed by atoms with Gasteiger partial charge in [-0.1, -0.05) is 36.4 Å². The van der Waals surface area contributed by atoms with Crippen LogP contribution >= 0.6 is 0 Å². The second-order valence-corrected chi connectivity index (χ2v) is 8.92. The molecule has 33 heavy (non-hydrogen) atoms. The number of hydrogen-bond acceptors (Lipinski definition) is 4. The predicted octanol–water partition coefficient (Wildman–Crippen LogP) is 2.73. The van der Waals surface area contributed by atoms with Gasteiger partial charge in [0, 0.05) is 19.7 Å². The van der Waals surface area contributed by atoms with Crippen LogP contribution in [-0.2, 0) is 32.8 Å². The van der Waals surface area contributed by atoms with Crippen molar-refractivity contribution >= 4 is 17.8 Å². The van der Waals surface area contributed by atoms with Gasteiger partial charge in [-0.15, -0.1) is 0 Å². The monoisotopic (exact) mass is 451 g/mol. The highest BCUT2D eigenvalue weighted by molar-refractivity contribution is 6.09. The normalized spacial score (nSPS) is 23.8. The van der Waals surface area contributed by atoms with Crippen LogP contribution in [0.3, 0.4) is 0 Å². The number of aryl methyl sites for hydroxylation is 1. The molecule has 172 valence electrons. The summed E-state index contributed by atoms with van der Waals surface area (Å²) in [6, 6.07) is 13.1. The van der Waals surface area contributed by atoms with Crippen LogP contribution < -0.4 is 5.32 Å². The molecule has 3 aliphatic rings. The zero-order valence-electron chi connectivity index (χ0n) is 18.3. The number of fused-ring (bicyclic) bond motifs is 2. The summed E-state index contributed by atoms with van der Waals surface area (Å²) in [5, 5.41) is 2.85. The van der Waals surface area contributed by atoms with Gasteiger partial charge >= 0.3 is 6.03 Å². The number of benzene rings is 2. The topological polar surface area (TPSA) is 79.0 Å². The van der Waals surface area contributed by atoms with Crippen molar-refractivity contribution in [1.82, 2.24) is 15.1 Å². The maximum atomic E-state index is 13.7. The van der Waals surface area contributed by atoms with Crippen molar-refractivity contribution in [3.63, 3.8) is 0 Å². The minimum atomic E-state index is -1.10. The Morgan fingerprint density at radius 3 is 2.85 bits per heavy atom. The molecular weight excluding hydrogens is 425 g/mol. The van der Waals surface area contributed by atoms with Crippen LogP contribution in [0.15, 0.2) is 48.5 Å². The minimum absolute atomic E-state index is 0.112. The van der Waals surface area contributed by atoms with Crippen LogP contribution in [0.2, 0.25) is 0 Å². The second kappa shape index (κ2) is 8.59. The fourth-order valence-electron chi connectivity index (χ4n) is 5.11. The first kappa shape index (κ1) is 21.6. The number of hydrogen-bond donors (Lipinski definition) is 1. The van der Waals surface area contributed by atoms with E-state index in [2.05, 4.69) is 5.32 Å². The van der Waals surface area contributed by atoms with Crippen molar-refractivity contribution in [2.75, 3.05) is 19.7 Å². The molecule has 2 atom stereocenters. The maximum absolute atomic E-state index is 13.7. The Labute approximate surface area is 191 Å². The van der Waals surface area contributed by atoms with Crippen molar-refractivity contribution in [2.45, 2.75) is 43.9 Å². The number of nitrogens with one attached hydrogen (secondary N) is 1. The summed E-state index contributed by atoms with van der Waals surface area (Å²) in [4.78, 5) is 42.1. The molecule has 0 aromatic heterocycles. The van der Waals surface area contributed by atoms with E-state index in [1.165, 1.54) is 12.1 Å². The van der Waals surface area contributed by atoms with E-state index >= 15 is 0 Å². The highest BCUT2D eigenvalue weighted by Crippen LogP contribution is 2.41. The fraction of sp³-hybridized carbons (Fsp3) is 0.400. The van der Waals surface area contributed by atoms with E-state index in [9.17, 15) is 18.8 Å². The number of rotatable bonds is 6. The largest absolute Gasteiger partial charge is 0.376 e. The number of nitrogens with zero attached hydrogens (tertiary/aromatic N) is 2. The van der Waals surface area contributed by atoms with Gasteiger partial charge in [-0.25, -0.2) is 9.18 Å². The Morgan fingerprint density at radius 1 is 1.21 bits per heavy atom. The quantitative estimate of drug-likeness (QED) is 0.685. The molecule has 2 aromatic rings. The third kappa shape index (κ3) is 3.99. The summed E-state index contributed by atoms with van der Waals surface area (Å²) in [5.41, 5.74) is 1.37. The van der Waals surface area contributed by atoms with E-state index in [1.54, 1.807) is 17.0 Å². The van der Waals surface area contributed by atoms with Crippen molar-refractivity contribution in [1.29, 1.82) is 0 Å². The molecule has 2 unspecified atom stereocenters. The summed E-state index contributed by atoms with van der Waals surface area (Å²) < 4.78 is 19.4. The number of ether oxygens (including phenoxy) is 1. The number of urea groups is 1. The number of carbonyl (C=O) groups is 3. The lowest BCUT2D eigenvalue weighted by molar-refractivity contribution is -0.140. The van der Waals surface area contributed by atoms with Crippen LogP contribution in [0, 0.1) is 5.82 Å². The van der Waals surface area contributed by atoms with Gasteiger partial charge in [0.25, 0.3) is 5.91 Å². The third-order valence-corrected chi connectivity index (χ3v) is 6.78. The molecule has 0 radical (unpaired) electrons. The van der Waals surface area contributed by atoms with Gasteiger partial charge in [0.2, 0.25) is 5.91 Å². The molecule has 2 aliphatic heterocycles. The zero-order chi connectivity index (χ0) is 23.0. The number of amides is 4. The molecule has 2 saturated heterocycles. The first-order valence-corrected chi connectivity index (χ1v) is 11.3. The van der Waals surface area contributed by atoms with Crippen LogP contribution in [0.4, 0.5) is 9.18 Å². The molecule has 2 aromatic carbocycles. The Hall–Kier alpha value is -3.26. The molecule has 4 amide bonds. The minimum Gasteiger partial charge on any atom is -0.376 e. The van der Waals surface area contributed by atoms with E-state index in [4.69, 9.17) is 4.74 Å². The smallest absolute Gasteiger partial charge is 0.325 e. The molecule has 1 N–H and O–H groups in total. The van der Waals surface area contributed by atoms with Gasteiger partial charge in [-0.2, -0.15) is 0 Å². The Kier molecular flexibility index (Phi) is 5.62. The maximum Gasteiger partial charge on any atom is 0.325 e. The summed E-state index contributed by atoms with van der Waals surface area (Å²) in [5.74, 6) is -1.15. The molecule has 0 saturated carbocycles. The van der Waals surface area contributed by atoms with E-state index in [-0.39, 0.29) is 30.9 Å². The van der Waals surface area contributed by atoms with Crippen molar-refractivity contribution in [3.8, 4) is 0 Å². The highest BCUT2D eigenvalue weighted by atomic mass is 19.1.